The third-order valence-corrected chi connectivity index (χ3v) is 3.96. The van der Waals surface area contributed by atoms with Crippen LogP contribution in [-0.2, 0) is 19.4 Å². The number of hydrogen-bond acceptors (Lipinski definition) is 2. The van der Waals surface area contributed by atoms with Crippen LogP contribution in [0.5, 0.6) is 0 Å². The van der Waals surface area contributed by atoms with E-state index in [4.69, 9.17) is 0 Å². The molecule has 3 heteroatoms. The van der Waals surface area contributed by atoms with E-state index in [1.54, 1.807) is 0 Å². The molecule has 1 aromatic carbocycles. The highest BCUT2D eigenvalue weighted by Crippen LogP contribution is 2.23. The summed E-state index contributed by atoms with van der Waals surface area (Å²) < 4.78 is 2.23. The van der Waals surface area contributed by atoms with Gasteiger partial charge in [-0.15, -0.1) is 0 Å². The Balaban J connectivity index is 1.69. The van der Waals surface area contributed by atoms with Crippen LogP contribution in [-0.4, -0.2) is 15.6 Å². The van der Waals surface area contributed by atoms with Crippen LogP contribution in [0.15, 0.2) is 36.7 Å². The molecule has 1 unspecified atom stereocenters. The number of aryl methyl sites for hydroxylation is 1. The number of rotatable bonds is 4. The lowest BCUT2D eigenvalue weighted by molar-refractivity contribution is 0.519. The lowest BCUT2D eigenvalue weighted by Gasteiger charge is -2.26. The molecule has 1 atom stereocenters. The molecule has 1 aliphatic carbocycles. The summed E-state index contributed by atoms with van der Waals surface area (Å²) in [4.78, 5) is 4.47. The highest BCUT2D eigenvalue weighted by atomic mass is 15.2. The first kappa shape index (κ1) is 13.2. The van der Waals surface area contributed by atoms with E-state index in [1.807, 2.05) is 6.20 Å². The Morgan fingerprint density at radius 2 is 2.10 bits per heavy atom. The van der Waals surface area contributed by atoms with Gasteiger partial charge in [0.25, 0.3) is 0 Å². The molecular formula is C17H23N3. The molecule has 0 bridgehead atoms. The molecular weight excluding hydrogens is 246 g/mol. The molecule has 0 fully saturated rings. The summed E-state index contributed by atoms with van der Waals surface area (Å²) >= 11 is 0. The van der Waals surface area contributed by atoms with E-state index in [0.29, 0.717) is 12.0 Å². The van der Waals surface area contributed by atoms with Crippen LogP contribution in [0.4, 0.5) is 5.95 Å². The van der Waals surface area contributed by atoms with E-state index in [0.717, 1.165) is 18.9 Å². The van der Waals surface area contributed by atoms with Gasteiger partial charge in [0.05, 0.1) is 0 Å². The fourth-order valence-electron chi connectivity index (χ4n) is 2.99. The average molecular weight is 269 g/mol. The van der Waals surface area contributed by atoms with Crippen molar-refractivity contribution in [2.24, 2.45) is 5.92 Å². The molecule has 20 heavy (non-hydrogen) atoms. The predicted octanol–water partition coefficient (Wildman–Crippen LogP) is 3.51. The lowest BCUT2D eigenvalue weighted by Crippen LogP contribution is -2.29. The maximum Gasteiger partial charge on any atom is 0.203 e. The molecule has 0 aliphatic heterocycles. The summed E-state index contributed by atoms with van der Waals surface area (Å²) in [6.07, 6.45) is 7.41. The smallest absolute Gasteiger partial charge is 0.203 e. The second-order valence-corrected chi connectivity index (χ2v) is 6.15. The van der Waals surface area contributed by atoms with Crippen molar-refractivity contribution in [2.45, 2.75) is 45.7 Å². The molecule has 1 N–H and O–H groups in total. The van der Waals surface area contributed by atoms with Crippen LogP contribution in [0, 0.1) is 5.92 Å². The van der Waals surface area contributed by atoms with Crippen molar-refractivity contribution < 1.29 is 0 Å². The normalized spacial score (nSPS) is 18.1. The third kappa shape index (κ3) is 2.87. The van der Waals surface area contributed by atoms with Gasteiger partial charge in [-0.25, -0.2) is 4.98 Å². The van der Waals surface area contributed by atoms with Gasteiger partial charge in [-0.05, 0) is 36.3 Å². The van der Waals surface area contributed by atoms with Crippen molar-refractivity contribution in [3.8, 4) is 0 Å². The maximum absolute atomic E-state index is 4.47. The lowest BCUT2D eigenvalue weighted by atomic mass is 9.88. The summed E-state index contributed by atoms with van der Waals surface area (Å²) in [6, 6.07) is 9.29. The molecule has 3 rings (SSSR count). The molecule has 1 aromatic heterocycles. The largest absolute Gasteiger partial charge is 0.353 e. The van der Waals surface area contributed by atoms with Crippen molar-refractivity contribution >= 4 is 5.95 Å². The minimum Gasteiger partial charge on any atom is -0.353 e. The van der Waals surface area contributed by atoms with Crippen molar-refractivity contribution in [1.29, 1.82) is 0 Å². The molecule has 106 valence electrons. The fourth-order valence-corrected chi connectivity index (χ4v) is 2.99. The van der Waals surface area contributed by atoms with Crippen molar-refractivity contribution in [2.75, 3.05) is 5.32 Å². The zero-order valence-electron chi connectivity index (χ0n) is 12.3. The van der Waals surface area contributed by atoms with E-state index in [9.17, 15) is 0 Å². The monoisotopic (exact) mass is 269 g/mol. The van der Waals surface area contributed by atoms with Gasteiger partial charge in [0, 0.05) is 25.0 Å². The molecule has 0 saturated heterocycles. The van der Waals surface area contributed by atoms with Gasteiger partial charge >= 0.3 is 0 Å². The second kappa shape index (κ2) is 5.70. The molecule has 3 nitrogen and oxygen atoms in total. The molecule has 1 aliphatic rings. The molecule has 0 radical (unpaired) electrons. The van der Waals surface area contributed by atoms with Crippen LogP contribution in [0.25, 0.3) is 0 Å². The van der Waals surface area contributed by atoms with Crippen molar-refractivity contribution in [3.63, 3.8) is 0 Å². The molecule has 0 spiro atoms. The van der Waals surface area contributed by atoms with Gasteiger partial charge < -0.3 is 9.88 Å². The van der Waals surface area contributed by atoms with Crippen LogP contribution in [0.1, 0.15) is 31.4 Å². The first-order valence-electron chi connectivity index (χ1n) is 7.57. The average Bonchev–Trinajstić information content (AvgIpc) is 2.85. The molecule has 1 heterocycles. The molecule has 0 amide bonds. The van der Waals surface area contributed by atoms with Gasteiger partial charge in [-0.3, -0.25) is 0 Å². The van der Waals surface area contributed by atoms with Crippen LogP contribution in [0.2, 0.25) is 0 Å². The highest BCUT2D eigenvalue weighted by Gasteiger charge is 2.19. The van der Waals surface area contributed by atoms with E-state index in [1.165, 1.54) is 24.0 Å². The zero-order valence-corrected chi connectivity index (χ0v) is 12.3. The molecule has 0 saturated carbocycles. The highest BCUT2D eigenvalue weighted by molar-refractivity contribution is 5.35. The SMILES string of the molecule is CC(C)Cn1ccnc1NC1CCc2ccccc2C1. The van der Waals surface area contributed by atoms with Crippen LogP contribution < -0.4 is 5.32 Å². The number of hydrogen-bond donors (Lipinski definition) is 1. The Labute approximate surface area is 121 Å². The van der Waals surface area contributed by atoms with Crippen molar-refractivity contribution in [1.82, 2.24) is 9.55 Å². The Hall–Kier alpha value is -1.77. The van der Waals surface area contributed by atoms with Gasteiger partial charge in [0.2, 0.25) is 5.95 Å². The number of imidazole rings is 1. The minimum absolute atomic E-state index is 0.498. The van der Waals surface area contributed by atoms with Gasteiger partial charge in [-0.2, -0.15) is 0 Å². The van der Waals surface area contributed by atoms with Gasteiger partial charge in [0.1, 0.15) is 0 Å². The number of nitrogens with one attached hydrogen (secondary N) is 1. The number of fused-ring (bicyclic) bond motifs is 1. The Bertz CT molecular complexity index is 571. The Morgan fingerprint density at radius 3 is 2.90 bits per heavy atom. The van der Waals surface area contributed by atoms with E-state index in [-0.39, 0.29) is 0 Å². The summed E-state index contributed by atoms with van der Waals surface area (Å²) in [7, 11) is 0. The zero-order chi connectivity index (χ0) is 13.9. The van der Waals surface area contributed by atoms with E-state index < -0.39 is 0 Å². The number of aromatic nitrogens is 2. The van der Waals surface area contributed by atoms with Crippen molar-refractivity contribution in [3.05, 3.63) is 47.8 Å². The van der Waals surface area contributed by atoms with Gasteiger partial charge in [-0.1, -0.05) is 38.1 Å². The first-order valence-corrected chi connectivity index (χ1v) is 7.57. The summed E-state index contributed by atoms with van der Waals surface area (Å²) in [6.45, 7) is 5.49. The fraction of sp³-hybridized carbons (Fsp3) is 0.471. The van der Waals surface area contributed by atoms with E-state index in [2.05, 4.69) is 59.2 Å². The summed E-state index contributed by atoms with van der Waals surface area (Å²) in [5, 5.41) is 3.63. The topological polar surface area (TPSA) is 29.9 Å². The second-order valence-electron chi connectivity index (χ2n) is 6.15. The standard InChI is InChI=1S/C17H23N3/c1-13(2)12-20-10-9-18-17(20)19-16-8-7-14-5-3-4-6-15(14)11-16/h3-6,9-10,13,16H,7-8,11-12H2,1-2H3,(H,18,19). The number of anilines is 1. The third-order valence-electron chi connectivity index (χ3n) is 3.96. The first-order chi connectivity index (χ1) is 9.72. The van der Waals surface area contributed by atoms with Gasteiger partial charge in [0.15, 0.2) is 0 Å². The number of nitrogens with zero attached hydrogens (tertiary/aromatic N) is 2. The number of benzene rings is 1. The Morgan fingerprint density at radius 1 is 1.30 bits per heavy atom. The van der Waals surface area contributed by atoms with E-state index >= 15 is 0 Å². The Kier molecular flexibility index (Phi) is 3.77. The predicted molar refractivity (Wildman–Crippen MR) is 82.9 cm³/mol. The molecule has 2 aromatic rings. The summed E-state index contributed by atoms with van der Waals surface area (Å²) in [5.74, 6) is 1.65. The quantitative estimate of drug-likeness (QED) is 0.920. The van der Waals surface area contributed by atoms with Crippen LogP contribution >= 0.6 is 0 Å². The van der Waals surface area contributed by atoms with Crippen LogP contribution in [0.3, 0.4) is 0 Å². The minimum atomic E-state index is 0.498. The summed E-state index contributed by atoms with van der Waals surface area (Å²) in [5.41, 5.74) is 2.99. The maximum atomic E-state index is 4.47.